The summed E-state index contributed by atoms with van der Waals surface area (Å²) in [5.41, 5.74) is 8.87. The van der Waals surface area contributed by atoms with Crippen LogP contribution in [0.4, 0.5) is 5.69 Å². The average Bonchev–Trinajstić information content (AvgIpc) is 2.58. The largest absolute Gasteiger partial charge is 0.348 e. The van der Waals surface area contributed by atoms with Crippen LogP contribution < -0.4 is 16.4 Å². The molecule has 0 atom stereocenters. The number of rotatable bonds is 6. The molecule has 0 spiro atoms. The molecule has 2 amide bonds. The lowest BCUT2D eigenvalue weighted by Gasteiger charge is -2.24. The molecule has 1 saturated carbocycles. The number of anilines is 1. The number of hydrogen-bond acceptors (Lipinski definition) is 3. The molecule has 25 heavy (non-hydrogen) atoms. The van der Waals surface area contributed by atoms with E-state index in [2.05, 4.69) is 10.6 Å². The molecule has 0 aromatic heterocycles. The lowest BCUT2D eigenvalue weighted by molar-refractivity contribution is -0.122. The fraction of sp³-hybridized carbons (Fsp3) is 0.300. The highest BCUT2D eigenvalue weighted by Crippen LogP contribution is 2.27. The van der Waals surface area contributed by atoms with Crippen LogP contribution in [-0.2, 0) is 17.9 Å². The minimum absolute atomic E-state index is 0.0902. The van der Waals surface area contributed by atoms with Crippen LogP contribution in [0.2, 0.25) is 0 Å². The van der Waals surface area contributed by atoms with Crippen molar-refractivity contribution in [2.24, 2.45) is 11.7 Å². The van der Waals surface area contributed by atoms with Crippen LogP contribution in [0.15, 0.2) is 48.5 Å². The first-order valence-corrected chi connectivity index (χ1v) is 8.63. The van der Waals surface area contributed by atoms with E-state index in [0.29, 0.717) is 18.7 Å². The molecule has 1 aliphatic carbocycles. The van der Waals surface area contributed by atoms with Gasteiger partial charge in [0.2, 0.25) is 5.91 Å². The van der Waals surface area contributed by atoms with Crippen LogP contribution in [0, 0.1) is 5.92 Å². The van der Waals surface area contributed by atoms with E-state index < -0.39 is 0 Å². The summed E-state index contributed by atoms with van der Waals surface area (Å²) in [4.78, 5) is 24.2. The Hall–Kier alpha value is -2.66. The summed E-state index contributed by atoms with van der Waals surface area (Å²) in [5, 5.41) is 5.85. The first-order chi connectivity index (χ1) is 12.2. The lowest BCUT2D eigenvalue weighted by Crippen LogP contribution is -2.28. The highest BCUT2D eigenvalue weighted by atomic mass is 16.2. The van der Waals surface area contributed by atoms with Crippen molar-refractivity contribution in [1.82, 2.24) is 5.32 Å². The fourth-order valence-corrected chi connectivity index (χ4v) is 2.75. The van der Waals surface area contributed by atoms with Gasteiger partial charge in [0.15, 0.2) is 0 Å². The molecule has 0 saturated heterocycles. The normalized spacial score (nSPS) is 13.8. The topological polar surface area (TPSA) is 84.2 Å². The van der Waals surface area contributed by atoms with E-state index in [0.717, 1.165) is 36.1 Å². The molecule has 1 aliphatic rings. The van der Waals surface area contributed by atoms with Crippen molar-refractivity contribution < 1.29 is 9.59 Å². The minimum Gasteiger partial charge on any atom is -0.348 e. The summed E-state index contributed by atoms with van der Waals surface area (Å²) in [6.07, 6.45) is 3.09. The van der Waals surface area contributed by atoms with Crippen molar-refractivity contribution in [2.45, 2.75) is 32.4 Å². The number of carbonyl (C=O) groups is 2. The van der Waals surface area contributed by atoms with Gasteiger partial charge in [0.1, 0.15) is 0 Å². The van der Waals surface area contributed by atoms with Crippen LogP contribution in [-0.4, -0.2) is 11.8 Å². The highest BCUT2D eigenvalue weighted by Gasteiger charge is 2.25. The summed E-state index contributed by atoms with van der Waals surface area (Å²) >= 11 is 0. The zero-order valence-corrected chi connectivity index (χ0v) is 14.1. The van der Waals surface area contributed by atoms with Crippen LogP contribution in [0.5, 0.6) is 0 Å². The van der Waals surface area contributed by atoms with E-state index in [4.69, 9.17) is 5.73 Å². The lowest BCUT2D eigenvalue weighted by atomic mass is 9.85. The van der Waals surface area contributed by atoms with Crippen LogP contribution >= 0.6 is 0 Å². The number of amides is 2. The second-order valence-electron chi connectivity index (χ2n) is 6.40. The maximum Gasteiger partial charge on any atom is 0.251 e. The standard InChI is InChI=1S/C20H23N3O2/c21-12-14-7-9-17(10-8-14)19(24)22-13-15-3-1-6-18(11-15)23-20(25)16-4-2-5-16/h1,3,6-11,16H,2,4-5,12-13,21H2,(H,22,24)(H,23,25). The molecule has 0 bridgehead atoms. The molecule has 3 rings (SSSR count). The Bertz CT molecular complexity index is 752. The molecular formula is C20H23N3O2. The van der Waals surface area contributed by atoms with Gasteiger partial charge in [-0.15, -0.1) is 0 Å². The number of nitrogens with two attached hydrogens (primary N) is 1. The molecule has 5 nitrogen and oxygen atoms in total. The number of carbonyl (C=O) groups excluding carboxylic acids is 2. The smallest absolute Gasteiger partial charge is 0.251 e. The molecule has 0 heterocycles. The van der Waals surface area contributed by atoms with Gasteiger partial charge in [-0.3, -0.25) is 9.59 Å². The second-order valence-corrected chi connectivity index (χ2v) is 6.40. The maximum atomic E-state index is 12.2. The Kier molecular flexibility index (Phi) is 5.46. The molecule has 0 aliphatic heterocycles. The van der Waals surface area contributed by atoms with E-state index >= 15 is 0 Å². The highest BCUT2D eigenvalue weighted by molar-refractivity contribution is 5.94. The average molecular weight is 337 g/mol. The number of hydrogen-bond donors (Lipinski definition) is 3. The van der Waals surface area contributed by atoms with Crippen LogP contribution in [0.1, 0.15) is 40.7 Å². The van der Waals surface area contributed by atoms with E-state index in [1.54, 1.807) is 12.1 Å². The van der Waals surface area contributed by atoms with Crippen LogP contribution in [0.25, 0.3) is 0 Å². The predicted octanol–water partition coefficient (Wildman–Crippen LogP) is 2.81. The van der Waals surface area contributed by atoms with E-state index in [-0.39, 0.29) is 17.7 Å². The predicted molar refractivity (Wildman–Crippen MR) is 97.9 cm³/mol. The molecule has 1 fully saturated rings. The summed E-state index contributed by atoms with van der Waals surface area (Å²) in [7, 11) is 0. The molecule has 130 valence electrons. The van der Waals surface area contributed by atoms with Gasteiger partial charge >= 0.3 is 0 Å². The summed E-state index contributed by atoms with van der Waals surface area (Å²) in [6.45, 7) is 0.867. The Labute approximate surface area is 147 Å². The van der Waals surface area contributed by atoms with Crippen molar-refractivity contribution in [1.29, 1.82) is 0 Å². The van der Waals surface area contributed by atoms with Gasteiger partial charge in [-0.2, -0.15) is 0 Å². The van der Waals surface area contributed by atoms with Gasteiger partial charge in [-0.1, -0.05) is 30.7 Å². The van der Waals surface area contributed by atoms with Gasteiger partial charge in [-0.25, -0.2) is 0 Å². The van der Waals surface area contributed by atoms with E-state index in [1.165, 1.54) is 0 Å². The molecular weight excluding hydrogens is 314 g/mol. The van der Waals surface area contributed by atoms with Crippen molar-refractivity contribution in [3.8, 4) is 0 Å². The van der Waals surface area contributed by atoms with Gasteiger partial charge < -0.3 is 16.4 Å². The third-order valence-electron chi connectivity index (χ3n) is 4.58. The molecule has 5 heteroatoms. The molecule has 0 unspecified atom stereocenters. The Morgan fingerprint density at radius 3 is 2.44 bits per heavy atom. The summed E-state index contributed by atoms with van der Waals surface area (Å²) in [6, 6.07) is 14.8. The fourth-order valence-electron chi connectivity index (χ4n) is 2.75. The Morgan fingerprint density at radius 1 is 1.04 bits per heavy atom. The molecule has 4 N–H and O–H groups in total. The zero-order valence-electron chi connectivity index (χ0n) is 14.1. The summed E-state index contributed by atoms with van der Waals surface area (Å²) < 4.78 is 0. The number of benzene rings is 2. The maximum absolute atomic E-state index is 12.2. The first kappa shape index (κ1) is 17.2. The monoisotopic (exact) mass is 337 g/mol. The first-order valence-electron chi connectivity index (χ1n) is 8.63. The van der Waals surface area contributed by atoms with Crippen LogP contribution in [0.3, 0.4) is 0 Å². The zero-order chi connectivity index (χ0) is 17.6. The Morgan fingerprint density at radius 2 is 1.80 bits per heavy atom. The second kappa shape index (κ2) is 7.94. The Balaban J connectivity index is 1.56. The van der Waals surface area contributed by atoms with Gasteiger partial charge in [0.05, 0.1) is 0 Å². The van der Waals surface area contributed by atoms with E-state index in [1.807, 2.05) is 36.4 Å². The molecule has 2 aromatic carbocycles. The SMILES string of the molecule is NCc1ccc(C(=O)NCc2cccc(NC(=O)C3CCC3)c2)cc1. The van der Waals surface area contributed by atoms with Gasteiger partial charge in [0, 0.05) is 30.3 Å². The van der Waals surface area contributed by atoms with E-state index in [9.17, 15) is 9.59 Å². The van der Waals surface area contributed by atoms with Gasteiger partial charge in [0.25, 0.3) is 5.91 Å². The van der Waals surface area contributed by atoms with Crippen molar-refractivity contribution in [3.63, 3.8) is 0 Å². The third-order valence-corrected chi connectivity index (χ3v) is 4.58. The summed E-state index contributed by atoms with van der Waals surface area (Å²) in [5.74, 6) is 0.111. The van der Waals surface area contributed by atoms with Gasteiger partial charge in [-0.05, 0) is 48.2 Å². The molecule has 2 aromatic rings. The quantitative estimate of drug-likeness (QED) is 0.758. The third kappa shape index (κ3) is 4.45. The van der Waals surface area contributed by atoms with Crippen molar-refractivity contribution in [2.75, 3.05) is 5.32 Å². The van der Waals surface area contributed by atoms with Crippen molar-refractivity contribution in [3.05, 3.63) is 65.2 Å². The van der Waals surface area contributed by atoms with Crippen molar-refractivity contribution >= 4 is 17.5 Å². The number of nitrogens with one attached hydrogen (secondary N) is 2. The molecule has 0 radical (unpaired) electrons. The minimum atomic E-state index is -0.132.